The summed E-state index contributed by atoms with van der Waals surface area (Å²) in [4.78, 5) is 26.1. The quantitative estimate of drug-likeness (QED) is 0.158. The van der Waals surface area contributed by atoms with Crippen molar-refractivity contribution in [1.82, 2.24) is 9.97 Å². The van der Waals surface area contributed by atoms with Crippen LogP contribution in [-0.4, -0.2) is 34.4 Å². The van der Waals surface area contributed by atoms with Crippen molar-refractivity contribution in [3.8, 4) is 0 Å². The third-order valence-corrected chi connectivity index (χ3v) is 7.53. The fourth-order valence-electron chi connectivity index (χ4n) is 4.54. The summed E-state index contributed by atoms with van der Waals surface area (Å²) in [5, 5.41) is 3.46. The van der Waals surface area contributed by atoms with Gasteiger partial charge in [-0.25, -0.2) is 19.9 Å². The van der Waals surface area contributed by atoms with Gasteiger partial charge >= 0.3 is 0 Å². The Labute approximate surface area is 276 Å². The number of benzene rings is 1. The second kappa shape index (κ2) is 22.0. The minimum Gasteiger partial charge on any atom is -0.341 e. The molecule has 46 heavy (non-hydrogen) atoms. The number of aromatic nitrogens is 2. The molecular weight excluding hydrogens is 584 g/mol. The predicted octanol–water partition coefficient (Wildman–Crippen LogP) is 11.0. The summed E-state index contributed by atoms with van der Waals surface area (Å²) in [6.07, 6.45) is 12.5. The maximum atomic E-state index is 13.9. The highest BCUT2D eigenvalue weighted by Crippen LogP contribution is 2.25. The number of carbonyl (C=O) groups is 1. The standard InChI is InChI=1S/C17H19FN2O.C12H19N3.C6H13FO.C2H6/c1-6-10(2)17(20-19)8-12(4)14-9-16(18)15(13(5)21)7-11(14)3;1-3-11-8-13-12(14-9-11)15-6-4-10(2)5-7-15;1-4-5-6(2,3)8-7;1-2/h6-9,19H,1H2,2-5H3;8-10H,3-7H2,1-2H3;4-5H2,1-3H3;1-2H3/b12-8+,17-10+,20-19?;;;. The molecule has 3 rings (SSSR count). The number of Topliss-reactive ketones (excluding diaryl/α,β-unsaturated/α-hetero) is 1. The lowest BCUT2D eigenvalue weighted by Gasteiger charge is -2.30. The molecule has 256 valence electrons. The van der Waals surface area contributed by atoms with Gasteiger partial charge in [-0.2, -0.15) is 10.1 Å². The molecular formula is C37H57F2N5O2. The van der Waals surface area contributed by atoms with Gasteiger partial charge in [-0.05, 0) is 124 Å². The molecule has 7 nitrogen and oxygen atoms in total. The average molecular weight is 642 g/mol. The van der Waals surface area contributed by atoms with Crippen molar-refractivity contribution >= 4 is 17.3 Å². The van der Waals surface area contributed by atoms with Crippen molar-refractivity contribution in [2.45, 2.75) is 114 Å². The zero-order valence-corrected chi connectivity index (χ0v) is 30.1. The SMILES string of the molecule is C=C/C(C)=C(\C=C(/C)c1cc(F)c(C(C)=O)cc1C)N=N.CC.CCCC(C)(C)OF.CCc1cnc(N2CCC(C)CC2)nc1. The molecule has 0 bridgehead atoms. The number of aryl methyl sites for hydroxylation is 2. The lowest BCUT2D eigenvalue weighted by Crippen LogP contribution is -2.34. The predicted molar refractivity (Wildman–Crippen MR) is 187 cm³/mol. The number of piperidine rings is 1. The maximum Gasteiger partial charge on any atom is 0.225 e. The lowest BCUT2D eigenvalue weighted by atomic mass is 9.96. The Kier molecular flexibility index (Phi) is 20.3. The topological polar surface area (TPSA) is 91.5 Å². The number of ketones is 1. The van der Waals surface area contributed by atoms with E-state index in [4.69, 9.17) is 5.53 Å². The van der Waals surface area contributed by atoms with Gasteiger partial charge < -0.3 is 4.90 Å². The van der Waals surface area contributed by atoms with E-state index in [9.17, 15) is 13.7 Å². The number of nitrogens with one attached hydrogen (secondary N) is 1. The van der Waals surface area contributed by atoms with Gasteiger partial charge in [-0.3, -0.25) is 4.79 Å². The highest BCUT2D eigenvalue weighted by Gasteiger charge is 2.18. The smallest absolute Gasteiger partial charge is 0.225 e. The van der Waals surface area contributed by atoms with Crippen molar-refractivity contribution in [1.29, 1.82) is 5.53 Å². The highest BCUT2D eigenvalue weighted by atomic mass is 19.3. The Morgan fingerprint density at radius 2 is 1.70 bits per heavy atom. The fraction of sp³-hybridized carbons (Fsp3) is 0.541. The monoisotopic (exact) mass is 641 g/mol. The molecule has 0 aliphatic carbocycles. The van der Waals surface area contributed by atoms with Crippen molar-refractivity contribution in [2.75, 3.05) is 18.0 Å². The summed E-state index contributed by atoms with van der Waals surface area (Å²) in [7, 11) is 0. The van der Waals surface area contributed by atoms with Crippen LogP contribution in [-0.2, 0) is 11.4 Å². The van der Waals surface area contributed by atoms with Crippen LogP contribution < -0.4 is 4.90 Å². The van der Waals surface area contributed by atoms with Gasteiger partial charge in [0.2, 0.25) is 5.95 Å². The Hall–Kier alpha value is -3.59. The van der Waals surface area contributed by atoms with Crippen molar-refractivity contribution in [3.05, 3.63) is 82.6 Å². The summed E-state index contributed by atoms with van der Waals surface area (Å²) < 4.78 is 25.4. The third-order valence-electron chi connectivity index (χ3n) is 7.53. The molecule has 0 radical (unpaired) electrons. The third kappa shape index (κ3) is 14.7. The zero-order valence-electron chi connectivity index (χ0n) is 30.1. The van der Waals surface area contributed by atoms with Crippen molar-refractivity contribution in [2.24, 2.45) is 11.0 Å². The van der Waals surface area contributed by atoms with E-state index in [-0.39, 0.29) is 11.3 Å². The van der Waals surface area contributed by atoms with E-state index in [2.05, 4.69) is 45.4 Å². The van der Waals surface area contributed by atoms with E-state index in [0.717, 1.165) is 60.9 Å². The zero-order chi connectivity index (χ0) is 35.4. The first-order valence-electron chi connectivity index (χ1n) is 16.3. The van der Waals surface area contributed by atoms with E-state index in [1.807, 2.05) is 47.0 Å². The van der Waals surface area contributed by atoms with Gasteiger partial charge in [0.05, 0.1) is 11.3 Å². The molecule has 1 saturated heterocycles. The second-order valence-electron chi connectivity index (χ2n) is 11.9. The van der Waals surface area contributed by atoms with Crippen LogP contribution in [0.15, 0.2) is 59.6 Å². The number of nitrogens with zero attached hydrogens (tertiary/aromatic N) is 4. The van der Waals surface area contributed by atoms with E-state index in [1.165, 1.54) is 31.4 Å². The van der Waals surface area contributed by atoms with Crippen LogP contribution in [0.4, 0.5) is 14.9 Å². The van der Waals surface area contributed by atoms with Crippen molar-refractivity contribution < 1.29 is 18.7 Å². The summed E-state index contributed by atoms with van der Waals surface area (Å²) in [6.45, 7) is 26.5. The molecule has 9 heteroatoms. The number of carbonyl (C=O) groups excluding carboxylic acids is 1. The van der Waals surface area contributed by atoms with E-state index in [1.54, 1.807) is 39.0 Å². The molecule has 1 aliphatic heterocycles. The minimum atomic E-state index is -0.575. The summed E-state index contributed by atoms with van der Waals surface area (Å²) in [6, 6.07) is 2.90. The Bertz CT molecular complexity index is 1300. The number of allylic oxidation sites excluding steroid dienone is 4. The van der Waals surface area contributed by atoms with E-state index >= 15 is 0 Å². The van der Waals surface area contributed by atoms with Crippen LogP contribution in [0.25, 0.3) is 5.57 Å². The van der Waals surface area contributed by atoms with Crippen LogP contribution in [0, 0.1) is 24.2 Å². The molecule has 0 unspecified atom stereocenters. The minimum absolute atomic E-state index is 0.0901. The first-order chi connectivity index (χ1) is 21.7. The number of hydrogen-bond donors (Lipinski definition) is 1. The number of hydrogen-bond acceptors (Lipinski definition) is 7. The van der Waals surface area contributed by atoms with Gasteiger partial charge in [-0.15, -0.1) is 0 Å². The molecule has 1 fully saturated rings. The summed E-state index contributed by atoms with van der Waals surface area (Å²) in [5.74, 6) is 0.924. The Morgan fingerprint density at radius 1 is 1.13 bits per heavy atom. The average Bonchev–Trinajstić information content (AvgIpc) is 3.05. The van der Waals surface area contributed by atoms with Gasteiger partial charge in [0.1, 0.15) is 11.4 Å². The molecule has 1 aliphatic rings. The molecule has 0 amide bonds. The second-order valence-corrected chi connectivity index (χ2v) is 11.9. The summed E-state index contributed by atoms with van der Waals surface area (Å²) in [5.41, 5.74) is 11.4. The number of rotatable bonds is 10. The van der Waals surface area contributed by atoms with Crippen LogP contribution >= 0.6 is 0 Å². The largest absolute Gasteiger partial charge is 0.341 e. The Balaban J connectivity index is 0.000000703. The van der Waals surface area contributed by atoms with Gasteiger partial charge in [0, 0.05) is 25.5 Å². The molecule has 2 aromatic rings. The highest BCUT2D eigenvalue weighted by molar-refractivity contribution is 5.95. The van der Waals surface area contributed by atoms with Gasteiger partial charge in [-0.1, -0.05) is 53.7 Å². The number of anilines is 1. The first-order valence-corrected chi connectivity index (χ1v) is 16.3. The molecule has 0 spiro atoms. The van der Waals surface area contributed by atoms with Crippen LogP contribution in [0.5, 0.6) is 0 Å². The lowest BCUT2D eigenvalue weighted by molar-refractivity contribution is -0.224. The molecule has 0 saturated carbocycles. The first kappa shape index (κ1) is 42.4. The van der Waals surface area contributed by atoms with Crippen LogP contribution in [0.2, 0.25) is 0 Å². The van der Waals surface area contributed by atoms with E-state index in [0.29, 0.717) is 11.3 Å². The fourth-order valence-corrected chi connectivity index (χ4v) is 4.54. The van der Waals surface area contributed by atoms with Crippen LogP contribution in [0.1, 0.15) is 122 Å². The summed E-state index contributed by atoms with van der Waals surface area (Å²) >= 11 is 0. The number of halogens is 2. The van der Waals surface area contributed by atoms with Gasteiger partial charge in [0.25, 0.3) is 0 Å². The molecule has 2 heterocycles. The molecule has 1 aromatic heterocycles. The van der Waals surface area contributed by atoms with Gasteiger partial charge in [0.15, 0.2) is 5.78 Å². The van der Waals surface area contributed by atoms with Crippen molar-refractivity contribution in [3.63, 3.8) is 0 Å². The molecule has 1 aromatic carbocycles. The Morgan fingerprint density at radius 3 is 2.11 bits per heavy atom. The van der Waals surface area contributed by atoms with E-state index < -0.39 is 11.4 Å². The normalized spacial score (nSPS) is 13.9. The molecule has 1 N–H and O–H groups in total. The van der Waals surface area contributed by atoms with Crippen LogP contribution in [0.3, 0.4) is 0 Å². The maximum absolute atomic E-state index is 13.9. The molecule has 0 atom stereocenters.